The van der Waals surface area contributed by atoms with Crippen molar-refractivity contribution in [3.05, 3.63) is 64.2 Å². The molecule has 0 saturated heterocycles. The third-order valence-electron chi connectivity index (χ3n) is 4.00. The molecule has 136 valence electrons. The second-order valence-electron chi connectivity index (χ2n) is 6.59. The zero-order chi connectivity index (χ0) is 18.7. The highest BCUT2D eigenvalue weighted by molar-refractivity contribution is 5.99. The van der Waals surface area contributed by atoms with E-state index in [1.807, 2.05) is 45.1 Å². The van der Waals surface area contributed by atoms with E-state index in [9.17, 15) is 9.90 Å². The number of aliphatic hydroxyl groups is 1. The Morgan fingerprint density at radius 2 is 1.96 bits per heavy atom. The lowest BCUT2D eigenvalue weighted by Gasteiger charge is -2.09. The van der Waals surface area contributed by atoms with Gasteiger partial charge in [-0.3, -0.25) is 0 Å². The second-order valence-corrected chi connectivity index (χ2v) is 6.59. The van der Waals surface area contributed by atoms with Crippen LogP contribution in [0.25, 0.3) is 21.9 Å². The molecule has 0 aliphatic carbocycles. The van der Waals surface area contributed by atoms with Gasteiger partial charge in [-0.2, -0.15) is 0 Å². The first-order chi connectivity index (χ1) is 12.4. The third kappa shape index (κ3) is 4.06. The fraction of sp³-hybridized carbons (Fsp3) is 0.286. The minimum atomic E-state index is -0.511. The Labute approximate surface area is 151 Å². The number of benzene rings is 1. The van der Waals surface area contributed by atoms with Gasteiger partial charge in [0.2, 0.25) is 5.75 Å². The lowest BCUT2D eigenvalue weighted by molar-refractivity contribution is 0.222. The van der Waals surface area contributed by atoms with Crippen molar-refractivity contribution in [2.45, 2.75) is 33.3 Å². The molecule has 3 rings (SSSR count). The molecule has 0 amide bonds. The van der Waals surface area contributed by atoms with Gasteiger partial charge in [0.1, 0.15) is 6.61 Å². The normalized spacial score (nSPS) is 13.2. The first kappa shape index (κ1) is 18.0. The van der Waals surface area contributed by atoms with Crippen molar-refractivity contribution in [3.63, 3.8) is 0 Å². The maximum atomic E-state index is 11.6. The monoisotopic (exact) mass is 354 g/mol. The topological polar surface area (TPSA) is 72.8 Å². The molecule has 5 heteroatoms. The van der Waals surface area contributed by atoms with E-state index < -0.39 is 11.7 Å². The molecule has 1 aromatic carbocycles. The Kier molecular flexibility index (Phi) is 5.28. The highest BCUT2D eigenvalue weighted by atomic mass is 16.5. The zero-order valence-corrected chi connectivity index (χ0v) is 15.1. The summed E-state index contributed by atoms with van der Waals surface area (Å²) in [5.41, 5.74) is 2.56. The molecule has 26 heavy (non-hydrogen) atoms. The molecule has 0 spiro atoms. The van der Waals surface area contributed by atoms with Gasteiger partial charge in [-0.05, 0) is 51.5 Å². The van der Waals surface area contributed by atoms with E-state index in [4.69, 9.17) is 13.6 Å². The molecule has 0 aliphatic rings. The summed E-state index contributed by atoms with van der Waals surface area (Å²) >= 11 is 0. The van der Waals surface area contributed by atoms with Crippen molar-refractivity contribution in [1.82, 2.24) is 0 Å². The third-order valence-corrected chi connectivity index (χ3v) is 4.00. The summed E-state index contributed by atoms with van der Waals surface area (Å²) in [6, 6.07) is 6.81. The summed E-state index contributed by atoms with van der Waals surface area (Å²) in [6.07, 6.45) is 5.32. The average molecular weight is 354 g/mol. The van der Waals surface area contributed by atoms with E-state index >= 15 is 0 Å². The minimum absolute atomic E-state index is 0.279. The van der Waals surface area contributed by atoms with Gasteiger partial charge in [0.15, 0.2) is 11.2 Å². The lowest BCUT2D eigenvalue weighted by Crippen LogP contribution is -2.04. The zero-order valence-electron chi connectivity index (χ0n) is 15.1. The van der Waals surface area contributed by atoms with E-state index in [0.717, 1.165) is 21.9 Å². The van der Waals surface area contributed by atoms with E-state index in [0.29, 0.717) is 23.3 Å². The van der Waals surface area contributed by atoms with Gasteiger partial charge in [0.25, 0.3) is 0 Å². The average Bonchev–Trinajstić information content (AvgIpc) is 3.01. The van der Waals surface area contributed by atoms with Crippen LogP contribution >= 0.6 is 0 Å². The van der Waals surface area contributed by atoms with Crippen LogP contribution in [0.2, 0.25) is 0 Å². The van der Waals surface area contributed by atoms with Crippen molar-refractivity contribution >= 4 is 21.9 Å². The maximum absolute atomic E-state index is 11.6. The highest BCUT2D eigenvalue weighted by Gasteiger charge is 2.14. The van der Waals surface area contributed by atoms with Crippen molar-refractivity contribution in [1.29, 1.82) is 0 Å². The van der Waals surface area contributed by atoms with Crippen LogP contribution in [0.4, 0.5) is 0 Å². The number of hydrogen-bond acceptors (Lipinski definition) is 5. The standard InChI is InChI=1S/C21H22O5/c1-13(2)10-17(22)11-14(3)6-8-25-21-19-16(7-9-24-19)12-15-4-5-18(23)26-20(15)21/h4-7,9-10,12,17,22H,8,11H2,1-3H3/b14-6+/t17-/m0/s1. The molecule has 3 aromatic rings. The first-order valence-electron chi connectivity index (χ1n) is 8.49. The molecule has 0 saturated carbocycles. The predicted molar refractivity (Wildman–Crippen MR) is 102 cm³/mol. The van der Waals surface area contributed by atoms with Gasteiger partial charge >= 0.3 is 5.63 Å². The molecule has 0 radical (unpaired) electrons. The molecule has 0 fully saturated rings. The number of hydrogen-bond donors (Lipinski definition) is 1. The van der Waals surface area contributed by atoms with Crippen LogP contribution in [0.3, 0.4) is 0 Å². The molecule has 2 aromatic heterocycles. The Bertz CT molecular complexity index is 1030. The second kappa shape index (κ2) is 7.62. The number of rotatable bonds is 6. The predicted octanol–water partition coefficient (Wildman–Crippen LogP) is 4.58. The fourth-order valence-electron chi connectivity index (χ4n) is 2.86. The van der Waals surface area contributed by atoms with Crippen molar-refractivity contribution in [2.75, 3.05) is 6.61 Å². The summed E-state index contributed by atoms with van der Waals surface area (Å²) in [4.78, 5) is 11.6. The SMILES string of the molecule is CC(C)=C[C@H](O)C/C(C)=C/COc1c2occc2cc2ccc(=O)oc12. The van der Waals surface area contributed by atoms with E-state index in [1.165, 1.54) is 6.07 Å². The Morgan fingerprint density at radius 1 is 1.19 bits per heavy atom. The van der Waals surface area contributed by atoms with Crippen molar-refractivity contribution in [3.8, 4) is 5.75 Å². The Balaban J connectivity index is 1.84. The quantitative estimate of drug-likeness (QED) is 0.518. The molecule has 5 nitrogen and oxygen atoms in total. The molecule has 0 bridgehead atoms. The number of ether oxygens (including phenoxy) is 1. The largest absolute Gasteiger partial charge is 0.482 e. The van der Waals surface area contributed by atoms with Crippen molar-refractivity contribution in [2.24, 2.45) is 0 Å². The molecule has 1 N–H and O–H groups in total. The maximum Gasteiger partial charge on any atom is 0.336 e. The Hall–Kier alpha value is -2.79. The van der Waals surface area contributed by atoms with Gasteiger partial charge in [-0.1, -0.05) is 17.2 Å². The Morgan fingerprint density at radius 3 is 2.73 bits per heavy atom. The van der Waals surface area contributed by atoms with Gasteiger partial charge in [-0.25, -0.2) is 4.79 Å². The van der Waals surface area contributed by atoms with Crippen LogP contribution in [0, 0.1) is 0 Å². The van der Waals surface area contributed by atoms with E-state index in [-0.39, 0.29) is 6.61 Å². The van der Waals surface area contributed by atoms with Crippen LogP contribution in [0.15, 0.2) is 67.5 Å². The van der Waals surface area contributed by atoms with Crippen LogP contribution < -0.4 is 10.4 Å². The lowest BCUT2D eigenvalue weighted by atomic mass is 10.1. The van der Waals surface area contributed by atoms with Crippen LogP contribution in [-0.4, -0.2) is 17.8 Å². The number of furan rings is 1. The van der Waals surface area contributed by atoms with E-state index in [1.54, 1.807) is 12.3 Å². The summed E-state index contributed by atoms with van der Waals surface area (Å²) in [7, 11) is 0. The fourth-order valence-corrected chi connectivity index (χ4v) is 2.86. The molecule has 0 aliphatic heterocycles. The van der Waals surface area contributed by atoms with Gasteiger partial charge in [0.05, 0.1) is 12.4 Å². The summed E-state index contributed by atoms with van der Waals surface area (Å²) in [5, 5.41) is 11.6. The molecule has 0 unspecified atom stereocenters. The van der Waals surface area contributed by atoms with Gasteiger partial charge in [-0.15, -0.1) is 0 Å². The molecule has 2 heterocycles. The van der Waals surface area contributed by atoms with E-state index in [2.05, 4.69) is 0 Å². The molecular weight excluding hydrogens is 332 g/mol. The smallest absolute Gasteiger partial charge is 0.336 e. The molecular formula is C21H22O5. The van der Waals surface area contributed by atoms with Crippen LogP contribution in [-0.2, 0) is 0 Å². The van der Waals surface area contributed by atoms with Crippen LogP contribution in [0.1, 0.15) is 27.2 Å². The summed E-state index contributed by atoms with van der Waals surface area (Å²) in [6.45, 7) is 6.13. The van der Waals surface area contributed by atoms with Gasteiger partial charge in [0, 0.05) is 16.8 Å². The van der Waals surface area contributed by atoms with Crippen LogP contribution in [0.5, 0.6) is 5.75 Å². The number of aliphatic hydroxyl groups excluding tert-OH is 1. The summed E-state index contributed by atoms with van der Waals surface area (Å²) in [5.74, 6) is 0.411. The number of fused-ring (bicyclic) bond motifs is 2. The minimum Gasteiger partial charge on any atom is -0.482 e. The van der Waals surface area contributed by atoms with Crippen molar-refractivity contribution < 1.29 is 18.7 Å². The highest BCUT2D eigenvalue weighted by Crippen LogP contribution is 2.34. The number of allylic oxidation sites excluding steroid dienone is 1. The first-order valence-corrected chi connectivity index (χ1v) is 8.49. The van der Waals surface area contributed by atoms with Gasteiger partial charge < -0.3 is 18.7 Å². The molecule has 1 atom stereocenters. The summed E-state index contributed by atoms with van der Waals surface area (Å²) < 4.78 is 16.7.